The van der Waals surface area contributed by atoms with Crippen molar-refractivity contribution in [3.8, 4) is 0 Å². The second-order valence-electron chi connectivity index (χ2n) is 4.43. The standard InChI is InChI=1S/C14H14Br2FN3/c15-9-3-4-13(18)11(6-9)14(20-19)5-8-1-2-10(16)7-12(8)17/h1-4,6-7,14,20H,5,18-19H2. The summed E-state index contributed by atoms with van der Waals surface area (Å²) in [6.07, 6.45) is 0.413. The topological polar surface area (TPSA) is 64.1 Å². The highest BCUT2D eigenvalue weighted by molar-refractivity contribution is 9.10. The van der Waals surface area contributed by atoms with E-state index in [4.69, 9.17) is 11.6 Å². The molecule has 0 fully saturated rings. The Bertz CT molecular complexity index is 619. The first kappa shape index (κ1) is 15.4. The molecule has 1 atom stereocenters. The fourth-order valence-electron chi connectivity index (χ4n) is 2.01. The monoisotopic (exact) mass is 401 g/mol. The summed E-state index contributed by atoms with van der Waals surface area (Å²) in [4.78, 5) is 0. The zero-order chi connectivity index (χ0) is 14.7. The molecule has 0 aliphatic carbocycles. The molecule has 0 saturated carbocycles. The molecule has 0 radical (unpaired) electrons. The van der Waals surface area contributed by atoms with E-state index >= 15 is 0 Å². The van der Waals surface area contributed by atoms with Gasteiger partial charge >= 0.3 is 0 Å². The molecule has 2 aromatic carbocycles. The van der Waals surface area contributed by atoms with Crippen molar-refractivity contribution in [1.29, 1.82) is 0 Å². The minimum Gasteiger partial charge on any atom is -0.398 e. The van der Waals surface area contributed by atoms with Crippen LogP contribution < -0.4 is 17.0 Å². The Hall–Kier alpha value is -0.950. The van der Waals surface area contributed by atoms with Gasteiger partial charge in [0.2, 0.25) is 0 Å². The minimum absolute atomic E-state index is 0.261. The summed E-state index contributed by atoms with van der Waals surface area (Å²) in [7, 11) is 0. The summed E-state index contributed by atoms with van der Waals surface area (Å²) in [5.41, 5.74) is 10.7. The molecule has 0 heterocycles. The van der Waals surface area contributed by atoms with Gasteiger partial charge in [0.15, 0.2) is 0 Å². The van der Waals surface area contributed by atoms with Crippen LogP contribution in [0.5, 0.6) is 0 Å². The summed E-state index contributed by atoms with van der Waals surface area (Å²) in [6.45, 7) is 0. The normalized spacial score (nSPS) is 12.4. The van der Waals surface area contributed by atoms with Crippen LogP contribution >= 0.6 is 31.9 Å². The van der Waals surface area contributed by atoms with E-state index in [2.05, 4.69) is 37.3 Å². The van der Waals surface area contributed by atoms with Gasteiger partial charge in [-0.25, -0.2) is 4.39 Å². The van der Waals surface area contributed by atoms with Gasteiger partial charge in [0.25, 0.3) is 0 Å². The maximum absolute atomic E-state index is 13.9. The molecule has 0 aliphatic rings. The van der Waals surface area contributed by atoms with Crippen LogP contribution in [-0.4, -0.2) is 0 Å². The van der Waals surface area contributed by atoms with Gasteiger partial charge in [0.1, 0.15) is 5.82 Å². The second kappa shape index (κ2) is 6.67. The molecule has 0 aromatic heterocycles. The number of hydrogen-bond donors (Lipinski definition) is 3. The van der Waals surface area contributed by atoms with Gasteiger partial charge in [-0.1, -0.05) is 37.9 Å². The van der Waals surface area contributed by atoms with Gasteiger partial charge in [0.05, 0.1) is 6.04 Å². The lowest BCUT2D eigenvalue weighted by molar-refractivity contribution is 0.530. The third-order valence-electron chi connectivity index (χ3n) is 3.06. The molecule has 5 N–H and O–H groups in total. The molecule has 6 heteroatoms. The maximum Gasteiger partial charge on any atom is 0.127 e. The molecule has 20 heavy (non-hydrogen) atoms. The van der Waals surface area contributed by atoms with E-state index < -0.39 is 0 Å². The van der Waals surface area contributed by atoms with Crippen LogP contribution in [0.15, 0.2) is 45.3 Å². The fraction of sp³-hybridized carbons (Fsp3) is 0.143. The maximum atomic E-state index is 13.9. The lowest BCUT2D eigenvalue weighted by atomic mass is 9.98. The molecule has 0 aliphatic heterocycles. The molecular weight excluding hydrogens is 389 g/mol. The zero-order valence-electron chi connectivity index (χ0n) is 10.5. The van der Waals surface area contributed by atoms with E-state index in [9.17, 15) is 4.39 Å². The smallest absolute Gasteiger partial charge is 0.127 e. The van der Waals surface area contributed by atoms with Crippen LogP contribution in [0, 0.1) is 5.82 Å². The van der Waals surface area contributed by atoms with E-state index in [1.54, 1.807) is 18.2 Å². The Labute approximate surface area is 133 Å². The number of rotatable bonds is 4. The van der Waals surface area contributed by atoms with Gasteiger partial charge in [0, 0.05) is 14.6 Å². The first-order valence-electron chi connectivity index (χ1n) is 5.96. The Balaban J connectivity index is 2.31. The molecule has 0 spiro atoms. The van der Waals surface area contributed by atoms with Gasteiger partial charge in [-0.2, -0.15) is 0 Å². The molecule has 0 saturated heterocycles. The van der Waals surface area contributed by atoms with Gasteiger partial charge in [-0.15, -0.1) is 0 Å². The van der Waals surface area contributed by atoms with E-state index in [1.165, 1.54) is 6.07 Å². The molecule has 1 unspecified atom stereocenters. The van der Waals surface area contributed by atoms with Crippen LogP contribution in [0.25, 0.3) is 0 Å². The summed E-state index contributed by atoms with van der Waals surface area (Å²) in [6, 6.07) is 10.2. The van der Waals surface area contributed by atoms with Crippen LogP contribution in [-0.2, 0) is 6.42 Å². The average molecular weight is 403 g/mol. The van der Waals surface area contributed by atoms with Crippen LogP contribution in [0.3, 0.4) is 0 Å². The van der Waals surface area contributed by atoms with Crippen molar-refractivity contribution in [3.05, 3.63) is 62.3 Å². The van der Waals surface area contributed by atoms with Crippen molar-refractivity contribution in [1.82, 2.24) is 5.43 Å². The summed E-state index contributed by atoms with van der Waals surface area (Å²) in [5.74, 6) is 5.33. The Morgan fingerprint density at radius 2 is 1.75 bits per heavy atom. The number of anilines is 1. The highest BCUT2D eigenvalue weighted by Gasteiger charge is 2.16. The third kappa shape index (κ3) is 3.58. The number of nitrogens with one attached hydrogen (secondary N) is 1. The van der Waals surface area contributed by atoms with Gasteiger partial charge in [-0.05, 0) is 47.9 Å². The first-order chi connectivity index (χ1) is 9.51. The fourth-order valence-corrected chi connectivity index (χ4v) is 2.73. The van der Waals surface area contributed by atoms with Crippen LogP contribution in [0.1, 0.15) is 17.2 Å². The number of nitrogens with two attached hydrogens (primary N) is 2. The number of hydrogen-bond acceptors (Lipinski definition) is 3. The van der Waals surface area contributed by atoms with Crippen molar-refractivity contribution in [3.63, 3.8) is 0 Å². The highest BCUT2D eigenvalue weighted by Crippen LogP contribution is 2.28. The highest BCUT2D eigenvalue weighted by atomic mass is 79.9. The van der Waals surface area contributed by atoms with Crippen LogP contribution in [0.2, 0.25) is 0 Å². The quantitative estimate of drug-likeness (QED) is 0.415. The van der Waals surface area contributed by atoms with Crippen molar-refractivity contribution in [2.45, 2.75) is 12.5 Å². The molecule has 0 bridgehead atoms. The summed E-state index contributed by atoms with van der Waals surface area (Å²) in [5, 5.41) is 0. The van der Waals surface area contributed by atoms with Crippen molar-refractivity contribution >= 4 is 37.5 Å². The zero-order valence-corrected chi connectivity index (χ0v) is 13.7. The first-order valence-corrected chi connectivity index (χ1v) is 7.55. The average Bonchev–Trinajstić information content (AvgIpc) is 2.41. The largest absolute Gasteiger partial charge is 0.398 e. The summed E-state index contributed by atoms with van der Waals surface area (Å²) >= 11 is 6.64. The van der Waals surface area contributed by atoms with E-state index in [-0.39, 0.29) is 11.9 Å². The summed E-state index contributed by atoms with van der Waals surface area (Å²) < 4.78 is 15.5. The van der Waals surface area contributed by atoms with Gasteiger partial charge in [-0.3, -0.25) is 11.3 Å². The number of hydrazine groups is 1. The number of benzene rings is 2. The van der Waals surface area contributed by atoms with Gasteiger partial charge < -0.3 is 5.73 Å². The minimum atomic E-state index is -0.270. The Morgan fingerprint density at radius 1 is 1.10 bits per heavy atom. The van der Waals surface area contributed by atoms with Crippen molar-refractivity contribution in [2.75, 3.05) is 5.73 Å². The van der Waals surface area contributed by atoms with E-state index in [1.807, 2.05) is 12.1 Å². The lowest BCUT2D eigenvalue weighted by Crippen LogP contribution is -2.30. The Morgan fingerprint density at radius 3 is 2.40 bits per heavy atom. The molecule has 3 nitrogen and oxygen atoms in total. The molecule has 2 aromatic rings. The van der Waals surface area contributed by atoms with Crippen LogP contribution in [0.4, 0.5) is 10.1 Å². The second-order valence-corrected chi connectivity index (χ2v) is 6.26. The SMILES string of the molecule is NNC(Cc1ccc(Br)cc1F)c1cc(Br)ccc1N. The number of nitrogen functional groups attached to an aromatic ring is 1. The predicted molar refractivity (Wildman–Crippen MR) is 86.4 cm³/mol. The van der Waals surface area contributed by atoms with E-state index in [0.717, 1.165) is 10.0 Å². The van der Waals surface area contributed by atoms with Crippen molar-refractivity contribution < 1.29 is 4.39 Å². The third-order valence-corrected chi connectivity index (χ3v) is 4.05. The Kier molecular flexibility index (Phi) is 5.15. The molecular formula is C14H14Br2FN3. The molecule has 2 rings (SSSR count). The molecule has 0 amide bonds. The predicted octanol–water partition coefficient (Wildman–Crippen LogP) is 3.68. The lowest BCUT2D eigenvalue weighted by Gasteiger charge is -2.19. The molecule has 106 valence electrons. The van der Waals surface area contributed by atoms with Crippen molar-refractivity contribution in [2.24, 2.45) is 5.84 Å². The van der Waals surface area contributed by atoms with E-state index in [0.29, 0.717) is 22.1 Å². The number of halogens is 3.